The van der Waals surface area contributed by atoms with E-state index in [9.17, 15) is 9.59 Å². The van der Waals surface area contributed by atoms with Crippen LogP contribution in [0.25, 0.3) is 6.08 Å². The zero-order valence-electron chi connectivity index (χ0n) is 16.2. The minimum Gasteiger partial charge on any atom is -0.488 e. The van der Waals surface area contributed by atoms with Crippen molar-refractivity contribution < 1.29 is 14.3 Å². The van der Waals surface area contributed by atoms with Crippen LogP contribution in [0.15, 0.2) is 88.9 Å². The largest absolute Gasteiger partial charge is 0.488 e. The van der Waals surface area contributed by atoms with Crippen molar-refractivity contribution >= 4 is 56.8 Å². The second-order valence-corrected chi connectivity index (χ2v) is 8.00. The first kappa shape index (κ1) is 21.0. The van der Waals surface area contributed by atoms with Gasteiger partial charge in [-0.3, -0.25) is 19.8 Å². The third kappa shape index (κ3) is 4.73. The summed E-state index contributed by atoms with van der Waals surface area (Å²) in [4.78, 5) is 26.8. The van der Waals surface area contributed by atoms with Crippen LogP contribution >= 0.6 is 28.1 Å². The number of ether oxygens (including phenoxy) is 1. The highest BCUT2D eigenvalue weighted by Crippen LogP contribution is 2.29. The van der Waals surface area contributed by atoms with Gasteiger partial charge in [0, 0.05) is 0 Å². The molecule has 0 bridgehead atoms. The summed E-state index contributed by atoms with van der Waals surface area (Å²) in [5, 5.41) is 2.65. The van der Waals surface area contributed by atoms with Gasteiger partial charge >= 0.3 is 0 Å². The van der Waals surface area contributed by atoms with E-state index in [2.05, 4.69) is 21.2 Å². The Morgan fingerprint density at radius 1 is 0.968 bits per heavy atom. The van der Waals surface area contributed by atoms with Gasteiger partial charge in [-0.1, -0.05) is 54.6 Å². The zero-order chi connectivity index (χ0) is 21.8. The fourth-order valence-corrected chi connectivity index (χ4v) is 3.89. The van der Waals surface area contributed by atoms with E-state index in [1.165, 1.54) is 4.90 Å². The zero-order valence-corrected chi connectivity index (χ0v) is 18.7. The normalized spacial score (nSPS) is 15.2. The van der Waals surface area contributed by atoms with Crippen LogP contribution < -0.4 is 15.0 Å². The van der Waals surface area contributed by atoms with Crippen LogP contribution in [0.3, 0.4) is 0 Å². The number of hydrogen-bond acceptors (Lipinski definition) is 4. The second kappa shape index (κ2) is 9.24. The number of carbonyl (C=O) groups excluding carboxylic acids is 2. The van der Waals surface area contributed by atoms with Crippen LogP contribution in [0.5, 0.6) is 5.75 Å². The molecule has 0 aliphatic carbocycles. The number of benzene rings is 3. The summed E-state index contributed by atoms with van der Waals surface area (Å²) < 4.78 is 6.58. The lowest BCUT2D eigenvalue weighted by Gasteiger charge is -2.28. The Morgan fingerprint density at radius 3 is 2.32 bits per heavy atom. The summed E-state index contributed by atoms with van der Waals surface area (Å²) >= 11 is 8.71. The van der Waals surface area contributed by atoms with Gasteiger partial charge in [-0.15, -0.1) is 0 Å². The lowest BCUT2D eigenvalue weighted by molar-refractivity contribution is -0.122. The van der Waals surface area contributed by atoms with Crippen molar-refractivity contribution in [2.45, 2.75) is 6.61 Å². The quantitative estimate of drug-likeness (QED) is 0.314. The number of nitrogens with one attached hydrogen (secondary N) is 1. The summed E-state index contributed by atoms with van der Waals surface area (Å²) in [6.45, 7) is 0.435. The summed E-state index contributed by atoms with van der Waals surface area (Å²) in [6.07, 6.45) is 1.54. The maximum atomic E-state index is 13.0. The van der Waals surface area contributed by atoms with Crippen LogP contribution in [-0.2, 0) is 16.2 Å². The van der Waals surface area contributed by atoms with Crippen molar-refractivity contribution in [2.75, 3.05) is 4.90 Å². The molecule has 0 radical (unpaired) electrons. The molecule has 1 aliphatic rings. The molecule has 0 spiro atoms. The Bertz CT molecular complexity index is 1180. The van der Waals surface area contributed by atoms with Gasteiger partial charge in [0.2, 0.25) is 0 Å². The Morgan fingerprint density at radius 2 is 1.65 bits per heavy atom. The van der Waals surface area contributed by atoms with E-state index in [1.807, 2.05) is 36.4 Å². The molecule has 1 aliphatic heterocycles. The van der Waals surface area contributed by atoms with Crippen LogP contribution in [0.1, 0.15) is 11.1 Å². The molecule has 154 valence electrons. The van der Waals surface area contributed by atoms with Crippen molar-refractivity contribution in [2.24, 2.45) is 0 Å². The predicted molar refractivity (Wildman–Crippen MR) is 128 cm³/mol. The number of thiocarbonyl (C=S) groups is 1. The highest BCUT2D eigenvalue weighted by Gasteiger charge is 2.34. The number of amides is 2. The first-order valence-electron chi connectivity index (χ1n) is 9.46. The number of halogens is 1. The van der Waals surface area contributed by atoms with Gasteiger partial charge < -0.3 is 4.74 Å². The summed E-state index contributed by atoms with van der Waals surface area (Å²) in [6, 6.07) is 24.2. The van der Waals surface area contributed by atoms with Gasteiger partial charge in [0.1, 0.15) is 17.9 Å². The number of nitrogens with zero attached hydrogens (tertiary/aromatic N) is 1. The average Bonchev–Trinajstić information content (AvgIpc) is 2.77. The summed E-state index contributed by atoms with van der Waals surface area (Å²) in [5.41, 5.74) is 2.33. The molecule has 1 heterocycles. The van der Waals surface area contributed by atoms with E-state index >= 15 is 0 Å². The Hall–Kier alpha value is -3.29. The molecule has 1 fully saturated rings. The molecule has 0 saturated carbocycles. The Balaban J connectivity index is 1.56. The van der Waals surface area contributed by atoms with Gasteiger partial charge in [-0.25, -0.2) is 0 Å². The topological polar surface area (TPSA) is 58.6 Å². The fraction of sp³-hybridized carbons (Fsp3) is 0.0417. The SMILES string of the molecule is O=C1NC(=S)N(c2ccccc2)C(=O)/C1=C\c1ccc(OCc2ccccc2)c(Br)c1. The molecule has 4 rings (SSSR count). The Labute approximate surface area is 193 Å². The van der Waals surface area contributed by atoms with Crippen LogP contribution in [0.2, 0.25) is 0 Å². The highest BCUT2D eigenvalue weighted by atomic mass is 79.9. The molecule has 5 nitrogen and oxygen atoms in total. The van der Waals surface area contributed by atoms with Crippen molar-refractivity contribution in [1.29, 1.82) is 0 Å². The van der Waals surface area contributed by atoms with Crippen molar-refractivity contribution in [3.8, 4) is 5.75 Å². The summed E-state index contributed by atoms with van der Waals surface area (Å²) in [7, 11) is 0. The van der Waals surface area contributed by atoms with E-state index in [4.69, 9.17) is 17.0 Å². The molecule has 3 aromatic carbocycles. The predicted octanol–water partition coefficient (Wildman–Crippen LogP) is 4.86. The minimum atomic E-state index is -0.525. The maximum absolute atomic E-state index is 13.0. The maximum Gasteiger partial charge on any atom is 0.270 e. The van der Waals surface area contributed by atoms with Crippen molar-refractivity contribution in [1.82, 2.24) is 5.32 Å². The third-order valence-electron chi connectivity index (χ3n) is 4.62. The van der Waals surface area contributed by atoms with Crippen molar-refractivity contribution in [3.63, 3.8) is 0 Å². The van der Waals surface area contributed by atoms with E-state index in [0.29, 0.717) is 23.6 Å². The van der Waals surface area contributed by atoms with Crippen LogP contribution in [0, 0.1) is 0 Å². The molecule has 31 heavy (non-hydrogen) atoms. The minimum absolute atomic E-state index is 0.00214. The van der Waals surface area contributed by atoms with E-state index in [-0.39, 0.29) is 10.7 Å². The van der Waals surface area contributed by atoms with Crippen LogP contribution in [0.4, 0.5) is 5.69 Å². The van der Waals surface area contributed by atoms with Gasteiger partial charge in [0.25, 0.3) is 11.8 Å². The van der Waals surface area contributed by atoms with E-state index < -0.39 is 11.8 Å². The van der Waals surface area contributed by atoms with Crippen molar-refractivity contribution in [3.05, 3.63) is 100 Å². The molecule has 0 unspecified atom stereocenters. The van der Waals surface area contributed by atoms with Gasteiger partial charge in [-0.2, -0.15) is 0 Å². The van der Waals surface area contributed by atoms with E-state index in [1.54, 1.807) is 48.5 Å². The third-order valence-corrected chi connectivity index (χ3v) is 5.52. The van der Waals surface area contributed by atoms with Gasteiger partial charge in [-0.05, 0) is 69.6 Å². The van der Waals surface area contributed by atoms with Crippen LogP contribution in [-0.4, -0.2) is 16.9 Å². The number of hydrogen-bond donors (Lipinski definition) is 1. The highest BCUT2D eigenvalue weighted by molar-refractivity contribution is 9.10. The second-order valence-electron chi connectivity index (χ2n) is 6.76. The summed E-state index contributed by atoms with van der Waals surface area (Å²) in [5.74, 6) is -0.333. The monoisotopic (exact) mass is 492 g/mol. The molecule has 1 saturated heterocycles. The lowest BCUT2D eigenvalue weighted by Crippen LogP contribution is -2.54. The van der Waals surface area contributed by atoms with E-state index in [0.717, 1.165) is 10.0 Å². The molecule has 7 heteroatoms. The fourth-order valence-electron chi connectivity index (χ4n) is 3.09. The molecule has 1 N–H and O–H groups in total. The molecule has 0 atom stereocenters. The first-order chi connectivity index (χ1) is 15.0. The first-order valence-corrected chi connectivity index (χ1v) is 10.7. The van der Waals surface area contributed by atoms with Gasteiger partial charge in [0.15, 0.2) is 5.11 Å². The lowest BCUT2D eigenvalue weighted by atomic mass is 10.1. The standard InChI is InChI=1S/C24H17BrN2O3S/c25-20-14-17(11-12-21(20)30-15-16-7-3-1-4-8-16)13-19-22(28)26-24(31)27(23(19)29)18-9-5-2-6-10-18/h1-14H,15H2,(H,26,28,31)/b19-13-. The smallest absolute Gasteiger partial charge is 0.270 e. The van der Waals surface area contributed by atoms with Gasteiger partial charge in [0.05, 0.1) is 10.2 Å². The number of carbonyl (C=O) groups is 2. The molecule has 0 aromatic heterocycles. The Kier molecular flexibility index (Phi) is 6.25. The average molecular weight is 493 g/mol. The number of para-hydroxylation sites is 1. The molecular formula is C24H17BrN2O3S. The number of rotatable bonds is 5. The molecule has 3 aromatic rings. The molecular weight excluding hydrogens is 476 g/mol. The number of anilines is 1. The molecule has 2 amide bonds.